The average molecular weight is 368 g/mol. The van der Waals surface area contributed by atoms with Gasteiger partial charge in [0, 0.05) is 6.20 Å². The van der Waals surface area contributed by atoms with E-state index in [0.717, 1.165) is 10.0 Å². The van der Waals surface area contributed by atoms with Gasteiger partial charge in [-0.25, -0.2) is 9.78 Å². The molecule has 0 fully saturated rings. The number of rotatable bonds is 4. The molecule has 118 valence electrons. The van der Waals surface area contributed by atoms with E-state index in [-0.39, 0.29) is 0 Å². The minimum Gasteiger partial charge on any atom is -0.480 e. The molecule has 6 nitrogen and oxygen atoms in total. The van der Waals surface area contributed by atoms with Gasteiger partial charge in [0.15, 0.2) is 5.65 Å². The molecule has 0 aliphatic carbocycles. The van der Waals surface area contributed by atoms with Crippen molar-refractivity contribution in [1.29, 1.82) is 0 Å². The molecule has 0 atom stereocenters. The average Bonchev–Trinajstić information content (AvgIpc) is 2.76. The Labute approximate surface area is 136 Å². The van der Waals surface area contributed by atoms with Crippen LogP contribution in [0.3, 0.4) is 0 Å². The summed E-state index contributed by atoms with van der Waals surface area (Å²) >= 11 is 3.45. The zero-order valence-electron chi connectivity index (χ0n) is 12.9. The zero-order valence-corrected chi connectivity index (χ0v) is 14.5. The molecule has 0 spiro atoms. The minimum absolute atomic E-state index is 0.372. The van der Waals surface area contributed by atoms with E-state index in [9.17, 15) is 14.7 Å². The topological polar surface area (TPSA) is 83.7 Å². The van der Waals surface area contributed by atoms with Gasteiger partial charge >= 0.3 is 5.97 Å². The number of carboxylic acids is 1. The summed E-state index contributed by atoms with van der Waals surface area (Å²) in [6, 6.07) is 1.92. The van der Waals surface area contributed by atoms with Gasteiger partial charge in [0.25, 0.3) is 5.91 Å². The summed E-state index contributed by atoms with van der Waals surface area (Å²) in [5.41, 5.74) is 1.25. The van der Waals surface area contributed by atoms with Crippen LogP contribution in [0, 0.1) is 6.92 Å². The Bertz CT molecular complexity index is 765. The van der Waals surface area contributed by atoms with Gasteiger partial charge in [0.05, 0.1) is 10.2 Å². The highest BCUT2D eigenvalue weighted by Crippen LogP contribution is 2.23. The van der Waals surface area contributed by atoms with Gasteiger partial charge in [-0.05, 0) is 54.8 Å². The quantitative estimate of drug-likeness (QED) is 0.869. The fourth-order valence-corrected chi connectivity index (χ4v) is 2.80. The van der Waals surface area contributed by atoms with Crippen molar-refractivity contribution in [2.45, 2.75) is 39.7 Å². The summed E-state index contributed by atoms with van der Waals surface area (Å²) < 4.78 is 2.49. The lowest BCUT2D eigenvalue weighted by Gasteiger charge is -2.21. The van der Waals surface area contributed by atoms with Crippen molar-refractivity contribution in [2.24, 2.45) is 0 Å². The second kappa shape index (κ2) is 5.72. The fourth-order valence-electron chi connectivity index (χ4n) is 2.16. The molecule has 22 heavy (non-hydrogen) atoms. The SMILES string of the molecule is CCc1nc2c(Br)cc(C)cn2c1C(=O)NC(C)(C)C(=O)O. The number of pyridine rings is 1. The molecule has 7 heteroatoms. The second-order valence-corrected chi connectivity index (χ2v) is 6.56. The molecule has 0 radical (unpaired) electrons. The van der Waals surface area contributed by atoms with Crippen LogP contribution in [-0.4, -0.2) is 31.9 Å². The van der Waals surface area contributed by atoms with E-state index in [1.807, 2.05) is 26.1 Å². The number of fused-ring (bicyclic) bond motifs is 1. The number of carbonyl (C=O) groups excluding carboxylic acids is 1. The summed E-state index contributed by atoms with van der Waals surface area (Å²) in [6.07, 6.45) is 2.39. The van der Waals surface area contributed by atoms with Crippen LogP contribution in [0.2, 0.25) is 0 Å². The van der Waals surface area contributed by atoms with Gasteiger partial charge in [0.2, 0.25) is 0 Å². The first-order valence-corrected chi connectivity index (χ1v) is 7.69. The molecule has 0 unspecified atom stereocenters. The maximum atomic E-state index is 12.6. The lowest BCUT2D eigenvalue weighted by Crippen LogP contribution is -2.50. The van der Waals surface area contributed by atoms with Crippen LogP contribution >= 0.6 is 15.9 Å². The summed E-state index contributed by atoms with van der Waals surface area (Å²) in [7, 11) is 0. The van der Waals surface area contributed by atoms with Crippen LogP contribution in [0.4, 0.5) is 0 Å². The highest BCUT2D eigenvalue weighted by molar-refractivity contribution is 9.10. The van der Waals surface area contributed by atoms with E-state index < -0.39 is 17.4 Å². The van der Waals surface area contributed by atoms with Crippen molar-refractivity contribution in [1.82, 2.24) is 14.7 Å². The molecule has 2 rings (SSSR count). The number of amides is 1. The summed E-state index contributed by atoms with van der Waals surface area (Å²) in [5, 5.41) is 11.7. The summed E-state index contributed by atoms with van der Waals surface area (Å²) in [6.45, 7) is 6.72. The molecule has 2 aromatic rings. The van der Waals surface area contributed by atoms with E-state index in [1.165, 1.54) is 13.8 Å². The predicted octanol–water partition coefficient (Wildman–Crippen LogP) is 2.56. The van der Waals surface area contributed by atoms with E-state index >= 15 is 0 Å². The first kappa shape index (κ1) is 16.5. The molecule has 0 aliphatic rings. The number of halogens is 1. The number of imidazole rings is 1. The number of hydrogen-bond donors (Lipinski definition) is 2. The van der Waals surface area contributed by atoms with Crippen LogP contribution in [-0.2, 0) is 11.2 Å². The van der Waals surface area contributed by atoms with Crippen molar-refractivity contribution in [3.63, 3.8) is 0 Å². The third-order valence-electron chi connectivity index (χ3n) is 3.39. The molecule has 0 saturated heterocycles. The molecule has 1 amide bonds. The van der Waals surface area contributed by atoms with Gasteiger partial charge in [-0.3, -0.25) is 9.20 Å². The Hall–Kier alpha value is -1.89. The van der Waals surface area contributed by atoms with E-state index in [4.69, 9.17) is 0 Å². The molecule has 0 aliphatic heterocycles. The molecular weight excluding hydrogens is 350 g/mol. The zero-order chi connectivity index (χ0) is 16.7. The molecule has 0 bridgehead atoms. The van der Waals surface area contributed by atoms with Gasteiger partial charge < -0.3 is 10.4 Å². The Morgan fingerprint density at radius 2 is 2.09 bits per heavy atom. The van der Waals surface area contributed by atoms with Crippen LogP contribution in [0.15, 0.2) is 16.7 Å². The lowest BCUT2D eigenvalue weighted by molar-refractivity contribution is -0.143. The van der Waals surface area contributed by atoms with Crippen LogP contribution < -0.4 is 5.32 Å². The Morgan fingerprint density at radius 1 is 1.45 bits per heavy atom. The van der Waals surface area contributed by atoms with Crippen LogP contribution in [0.25, 0.3) is 5.65 Å². The Morgan fingerprint density at radius 3 is 2.64 bits per heavy atom. The highest BCUT2D eigenvalue weighted by Gasteiger charge is 2.31. The van der Waals surface area contributed by atoms with Gasteiger partial charge in [-0.15, -0.1) is 0 Å². The first-order valence-electron chi connectivity index (χ1n) is 6.90. The van der Waals surface area contributed by atoms with E-state index in [1.54, 1.807) is 4.40 Å². The van der Waals surface area contributed by atoms with Gasteiger partial charge in [-0.1, -0.05) is 6.92 Å². The first-order chi connectivity index (χ1) is 10.2. The van der Waals surface area contributed by atoms with Crippen molar-refractivity contribution in [2.75, 3.05) is 0 Å². The monoisotopic (exact) mass is 367 g/mol. The number of nitrogens with one attached hydrogen (secondary N) is 1. The van der Waals surface area contributed by atoms with Crippen molar-refractivity contribution >= 4 is 33.5 Å². The summed E-state index contributed by atoms with van der Waals surface area (Å²) in [5.74, 6) is -1.54. The molecule has 2 aromatic heterocycles. The minimum atomic E-state index is -1.35. The van der Waals surface area contributed by atoms with E-state index in [0.29, 0.717) is 23.5 Å². The predicted molar refractivity (Wildman–Crippen MR) is 86.2 cm³/mol. The number of aromatic nitrogens is 2. The van der Waals surface area contributed by atoms with Gasteiger partial charge in [0.1, 0.15) is 11.2 Å². The smallest absolute Gasteiger partial charge is 0.328 e. The standard InChI is InChI=1S/C15H18BrN3O3/c1-5-10-11(13(20)18-15(3,4)14(21)22)19-7-8(2)6-9(16)12(19)17-10/h6-7H,5H2,1-4H3,(H,18,20)(H,21,22). The van der Waals surface area contributed by atoms with Crippen molar-refractivity contribution < 1.29 is 14.7 Å². The van der Waals surface area contributed by atoms with Crippen LogP contribution in [0.5, 0.6) is 0 Å². The second-order valence-electron chi connectivity index (χ2n) is 5.70. The van der Waals surface area contributed by atoms with E-state index in [2.05, 4.69) is 26.2 Å². The highest BCUT2D eigenvalue weighted by atomic mass is 79.9. The third kappa shape index (κ3) is 2.85. The molecule has 0 aromatic carbocycles. The third-order valence-corrected chi connectivity index (χ3v) is 3.98. The lowest BCUT2D eigenvalue weighted by atomic mass is 10.1. The molecule has 2 heterocycles. The van der Waals surface area contributed by atoms with Crippen LogP contribution in [0.1, 0.15) is 42.5 Å². The number of nitrogens with zero attached hydrogens (tertiary/aromatic N) is 2. The fraction of sp³-hybridized carbons (Fsp3) is 0.400. The molecular formula is C15H18BrN3O3. The molecule has 2 N–H and O–H groups in total. The number of aliphatic carboxylic acids is 1. The maximum absolute atomic E-state index is 12.6. The number of aryl methyl sites for hydroxylation is 2. The van der Waals surface area contributed by atoms with Crippen molar-refractivity contribution in [3.8, 4) is 0 Å². The largest absolute Gasteiger partial charge is 0.480 e. The number of hydrogen-bond acceptors (Lipinski definition) is 3. The van der Waals surface area contributed by atoms with Gasteiger partial charge in [-0.2, -0.15) is 0 Å². The normalized spacial score (nSPS) is 11.7. The Balaban J connectivity index is 2.59. The van der Waals surface area contributed by atoms with Crippen molar-refractivity contribution in [3.05, 3.63) is 33.7 Å². The number of carbonyl (C=O) groups is 2. The maximum Gasteiger partial charge on any atom is 0.328 e. The molecule has 0 saturated carbocycles. The Kier molecular flexibility index (Phi) is 4.28. The summed E-state index contributed by atoms with van der Waals surface area (Å²) in [4.78, 5) is 28.3. The number of carboxylic acid groups (broad SMARTS) is 1.